The number of aryl methyl sites for hydroxylation is 2. The third kappa shape index (κ3) is 2.85. The Kier molecular flexibility index (Phi) is 3.80. The van der Waals surface area contributed by atoms with Gasteiger partial charge in [-0.25, -0.2) is 9.97 Å². The first-order valence-electron chi connectivity index (χ1n) is 6.92. The lowest BCUT2D eigenvalue weighted by molar-refractivity contribution is 0.733. The van der Waals surface area contributed by atoms with Crippen LogP contribution in [0.25, 0.3) is 10.9 Å². The van der Waals surface area contributed by atoms with Gasteiger partial charge in [0, 0.05) is 35.8 Å². The van der Waals surface area contributed by atoms with Gasteiger partial charge in [0.2, 0.25) is 0 Å². The Labute approximate surface area is 128 Å². The summed E-state index contributed by atoms with van der Waals surface area (Å²) in [6.45, 7) is 5.94. The molecule has 5 heteroatoms. The summed E-state index contributed by atoms with van der Waals surface area (Å²) in [6, 6.07) is 10.4. The normalized spacial score (nSPS) is 11.0. The van der Waals surface area contributed by atoms with Crippen LogP contribution in [0.4, 0.5) is 5.82 Å². The molecule has 108 valence electrons. The maximum atomic E-state index is 5.85. The second-order valence-electron chi connectivity index (χ2n) is 5.10. The molecular formula is C16H17ClN4. The second kappa shape index (κ2) is 5.74. The van der Waals surface area contributed by atoms with Crippen molar-refractivity contribution in [3.05, 3.63) is 53.1 Å². The van der Waals surface area contributed by atoms with E-state index in [1.807, 2.05) is 0 Å². The number of benzene rings is 1. The van der Waals surface area contributed by atoms with Crippen molar-refractivity contribution in [3.63, 3.8) is 0 Å². The first-order valence-corrected chi connectivity index (χ1v) is 7.30. The van der Waals surface area contributed by atoms with E-state index in [1.54, 1.807) is 6.07 Å². The lowest BCUT2D eigenvalue weighted by Crippen LogP contribution is -2.12. The lowest BCUT2D eigenvalue weighted by atomic mass is 10.1. The van der Waals surface area contributed by atoms with Crippen LogP contribution in [-0.4, -0.2) is 21.1 Å². The monoisotopic (exact) mass is 300 g/mol. The topological polar surface area (TPSA) is 42.7 Å². The van der Waals surface area contributed by atoms with Gasteiger partial charge >= 0.3 is 0 Å². The molecule has 3 aromatic rings. The van der Waals surface area contributed by atoms with Crippen molar-refractivity contribution in [3.8, 4) is 0 Å². The molecule has 0 spiro atoms. The smallest absolute Gasteiger partial charge is 0.134 e. The van der Waals surface area contributed by atoms with E-state index in [-0.39, 0.29) is 0 Å². The highest BCUT2D eigenvalue weighted by Gasteiger charge is 2.06. The van der Waals surface area contributed by atoms with Gasteiger partial charge < -0.3 is 9.88 Å². The van der Waals surface area contributed by atoms with E-state index in [9.17, 15) is 0 Å². The number of hydrogen-bond donors (Lipinski definition) is 1. The molecule has 3 rings (SSSR count). The molecule has 2 heterocycles. The number of nitrogens with one attached hydrogen (secondary N) is 1. The highest BCUT2D eigenvalue weighted by Crippen LogP contribution is 2.22. The number of nitrogens with zero attached hydrogens (tertiary/aromatic N) is 3. The fourth-order valence-electron chi connectivity index (χ4n) is 2.59. The van der Waals surface area contributed by atoms with Gasteiger partial charge in [-0.3, -0.25) is 0 Å². The average molecular weight is 301 g/mol. The maximum absolute atomic E-state index is 5.85. The van der Waals surface area contributed by atoms with Gasteiger partial charge in [-0.05, 0) is 31.5 Å². The van der Waals surface area contributed by atoms with Crippen molar-refractivity contribution in [1.82, 2.24) is 14.5 Å². The van der Waals surface area contributed by atoms with Crippen molar-refractivity contribution in [1.29, 1.82) is 0 Å². The lowest BCUT2D eigenvalue weighted by Gasteiger charge is -2.10. The minimum absolute atomic E-state index is 0.450. The Hall–Kier alpha value is -2.07. The Morgan fingerprint density at radius 3 is 2.86 bits per heavy atom. The van der Waals surface area contributed by atoms with Crippen LogP contribution >= 0.6 is 11.6 Å². The molecule has 2 aromatic heterocycles. The van der Waals surface area contributed by atoms with Crippen molar-refractivity contribution in [2.24, 2.45) is 0 Å². The van der Waals surface area contributed by atoms with E-state index >= 15 is 0 Å². The van der Waals surface area contributed by atoms with E-state index in [0.29, 0.717) is 5.15 Å². The van der Waals surface area contributed by atoms with Gasteiger partial charge in [0.15, 0.2) is 0 Å². The molecule has 0 aliphatic heterocycles. The summed E-state index contributed by atoms with van der Waals surface area (Å²) in [4.78, 5) is 8.01. The molecule has 1 N–H and O–H groups in total. The summed E-state index contributed by atoms with van der Waals surface area (Å²) >= 11 is 5.85. The third-order valence-corrected chi connectivity index (χ3v) is 3.85. The summed E-state index contributed by atoms with van der Waals surface area (Å²) in [5.41, 5.74) is 3.85. The van der Waals surface area contributed by atoms with Gasteiger partial charge in [-0.15, -0.1) is 0 Å². The summed E-state index contributed by atoms with van der Waals surface area (Å²) < 4.78 is 2.32. The van der Waals surface area contributed by atoms with Gasteiger partial charge in [-0.1, -0.05) is 23.7 Å². The van der Waals surface area contributed by atoms with Crippen molar-refractivity contribution in [2.45, 2.75) is 20.4 Å². The molecule has 21 heavy (non-hydrogen) atoms. The molecule has 0 saturated heterocycles. The Balaban J connectivity index is 1.76. The molecule has 0 radical (unpaired) electrons. The van der Waals surface area contributed by atoms with Crippen LogP contribution in [0, 0.1) is 13.8 Å². The fourth-order valence-corrected chi connectivity index (χ4v) is 2.73. The quantitative estimate of drug-likeness (QED) is 0.745. The molecule has 4 nitrogen and oxygen atoms in total. The molecular weight excluding hydrogens is 284 g/mol. The zero-order valence-electron chi connectivity index (χ0n) is 12.1. The first kappa shape index (κ1) is 13.9. The van der Waals surface area contributed by atoms with Crippen molar-refractivity contribution >= 4 is 28.3 Å². The van der Waals surface area contributed by atoms with Crippen LogP contribution in [0.2, 0.25) is 5.15 Å². The fraction of sp³-hybridized carbons (Fsp3) is 0.250. The molecule has 0 fully saturated rings. The Morgan fingerprint density at radius 2 is 2.05 bits per heavy atom. The molecule has 0 bridgehead atoms. The summed E-state index contributed by atoms with van der Waals surface area (Å²) in [5.74, 6) is 0.750. The van der Waals surface area contributed by atoms with Crippen LogP contribution in [0.1, 0.15) is 11.3 Å². The van der Waals surface area contributed by atoms with Crippen LogP contribution in [-0.2, 0) is 6.54 Å². The predicted molar refractivity (Wildman–Crippen MR) is 86.9 cm³/mol. The molecule has 1 aromatic carbocycles. The molecule has 0 unspecified atom stereocenters. The zero-order chi connectivity index (χ0) is 14.8. The summed E-state index contributed by atoms with van der Waals surface area (Å²) in [5, 5.41) is 5.04. The van der Waals surface area contributed by atoms with Crippen molar-refractivity contribution < 1.29 is 0 Å². The Morgan fingerprint density at radius 1 is 1.19 bits per heavy atom. The second-order valence-corrected chi connectivity index (χ2v) is 5.49. The largest absolute Gasteiger partial charge is 0.368 e. The maximum Gasteiger partial charge on any atom is 0.134 e. The third-order valence-electron chi connectivity index (χ3n) is 3.65. The minimum atomic E-state index is 0.450. The number of hydrogen-bond acceptors (Lipinski definition) is 3. The molecule has 0 aliphatic rings. The van der Waals surface area contributed by atoms with E-state index in [1.165, 1.54) is 28.5 Å². The van der Waals surface area contributed by atoms with Crippen LogP contribution in [0.3, 0.4) is 0 Å². The number of aromatic nitrogens is 3. The standard InChI is InChI=1S/C16H17ClN4/c1-11-4-3-5-14-13(11)8-12(2)21(14)7-6-18-16-9-15(17)19-10-20-16/h3-5,8-10H,6-7H2,1-2H3,(H,18,19,20). The highest BCUT2D eigenvalue weighted by molar-refractivity contribution is 6.29. The molecule has 0 atom stereocenters. The summed E-state index contributed by atoms with van der Waals surface area (Å²) in [6.07, 6.45) is 1.46. The number of halogens is 1. The Bertz CT molecular complexity index is 779. The van der Waals surface area contributed by atoms with E-state index < -0.39 is 0 Å². The van der Waals surface area contributed by atoms with Gasteiger partial charge in [0.05, 0.1) is 0 Å². The van der Waals surface area contributed by atoms with Crippen molar-refractivity contribution in [2.75, 3.05) is 11.9 Å². The van der Waals surface area contributed by atoms with Crippen LogP contribution in [0.5, 0.6) is 0 Å². The number of rotatable bonds is 4. The van der Waals surface area contributed by atoms with Crippen LogP contribution < -0.4 is 5.32 Å². The first-order chi connectivity index (χ1) is 10.1. The average Bonchev–Trinajstić information content (AvgIpc) is 2.77. The van der Waals surface area contributed by atoms with Gasteiger partial charge in [-0.2, -0.15) is 0 Å². The summed E-state index contributed by atoms with van der Waals surface area (Å²) in [7, 11) is 0. The SMILES string of the molecule is Cc1cccc2c1cc(C)n2CCNc1cc(Cl)ncn1. The van der Waals surface area contributed by atoms with E-state index in [4.69, 9.17) is 11.6 Å². The number of anilines is 1. The van der Waals surface area contributed by atoms with Gasteiger partial charge in [0.1, 0.15) is 17.3 Å². The minimum Gasteiger partial charge on any atom is -0.368 e. The molecule has 0 saturated carbocycles. The predicted octanol–water partition coefficient (Wildman–Crippen LogP) is 3.81. The zero-order valence-corrected chi connectivity index (χ0v) is 12.9. The van der Waals surface area contributed by atoms with Gasteiger partial charge in [0.25, 0.3) is 0 Å². The number of fused-ring (bicyclic) bond motifs is 1. The van der Waals surface area contributed by atoms with E-state index in [2.05, 4.69) is 58.0 Å². The molecule has 0 aliphatic carbocycles. The van der Waals surface area contributed by atoms with Crippen LogP contribution in [0.15, 0.2) is 36.7 Å². The van der Waals surface area contributed by atoms with E-state index in [0.717, 1.165) is 18.9 Å². The molecule has 0 amide bonds. The highest BCUT2D eigenvalue weighted by atomic mass is 35.5.